The molecule has 0 saturated carbocycles. The van der Waals surface area contributed by atoms with E-state index in [1.54, 1.807) is 6.92 Å². The molecule has 1 aromatic rings. The van der Waals surface area contributed by atoms with E-state index in [4.69, 9.17) is 4.74 Å². The Morgan fingerprint density at radius 2 is 2.23 bits per heavy atom. The summed E-state index contributed by atoms with van der Waals surface area (Å²) >= 11 is 0. The van der Waals surface area contributed by atoms with Crippen LogP contribution in [0, 0.1) is 0 Å². The first-order valence-corrected chi connectivity index (χ1v) is 7.83. The molecule has 1 N–H and O–H groups in total. The monoisotopic (exact) mass is 305 g/mol. The third-order valence-corrected chi connectivity index (χ3v) is 4.75. The van der Waals surface area contributed by atoms with E-state index in [1.165, 1.54) is 0 Å². The van der Waals surface area contributed by atoms with Crippen LogP contribution in [0.5, 0.6) is 0 Å². The maximum Gasteiger partial charge on any atom is 0.407 e. The van der Waals surface area contributed by atoms with Gasteiger partial charge in [0, 0.05) is 44.0 Å². The first kappa shape index (κ1) is 15.1. The number of rotatable bonds is 3. The number of amides is 1. The highest BCUT2D eigenvalue weighted by Gasteiger charge is 2.41. The fourth-order valence-electron chi connectivity index (χ4n) is 3.35. The summed E-state index contributed by atoms with van der Waals surface area (Å²) < 4.78 is 7.52. The first-order valence-electron chi connectivity index (χ1n) is 7.83. The molecule has 120 valence electrons. The van der Waals surface area contributed by atoms with Crippen LogP contribution in [0.2, 0.25) is 0 Å². The molecule has 2 aliphatic rings. The average molecular weight is 305 g/mol. The lowest BCUT2D eigenvalue weighted by molar-refractivity contribution is 0.0442. The molecular formula is C16H23N3O3. The highest BCUT2D eigenvalue weighted by atomic mass is 16.6. The van der Waals surface area contributed by atoms with Crippen LogP contribution >= 0.6 is 0 Å². The van der Waals surface area contributed by atoms with E-state index < -0.39 is 0 Å². The molecule has 3 rings (SSSR count). The van der Waals surface area contributed by atoms with Gasteiger partial charge in [-0.2, -0.15) is 0 Å². The Kier molecular flexibility index (Phi) is 3.95. The Morgan fingerprint density at radius 1 is 1.41 bits per heavy atom. The zero-order chi connectivity index (χ0) is 15.7. The number of aromatic nitrogens is 1. The van der Waals surface area contributed by atoms with Gasteiger partial charge in [0.05, 0.1) is 6.54 Å². The molecule has 0 unspecified atom stereocenters. The summed E-state index contributed by atoms with van der Waals surface area (Å²) in [6, 6.07) is 1.97. The molecule has 0 bridgehead atoms. The molecule has 0 aromatic carbocycles. The number of hydrogen-bond acceptors (Lipinski definition) is 4. The van der Waals surface area contributed by atoms with Crippen molar-refractivity contribution < 1.29 is 14.3 Å². The van der Waals surface area contributed by atoms with Crippen molar-refractivity contribution in [1.82, 2.24) is 14.8 Å². The number of aryl methyl sites for hydroxylation is 1. The second kappa shape index (κ2) is 5.76. The van der Waals surface area contributed by atoms with E-state index >= 15 is 0 Å². The van der Waals surface area contributed by atoms with Gasteiger partial charge in [0.1, 0.15) is 5.60 Å². The number of alkyl carbamates (subject to hydrolysis) is 1. The summed E-state index contributed by atoms with van der Waals surface area (Å²) in [6.45, 7) is 4.92. The van der Waals surface area contributed by atoms with Crippen molar-refractivity contribution in [3.05, 3.63) is 23.5 Å². The van der Waals surface area contributed by atoms with Crippen LogP contribution in [-0.2, 0) is 18.3 Å². The highest BCUT2D eigenvalue weighted by Crippen LogP contribution is 2.29. The molecule has 2 saturated heterocycles. The van der Waals surface area contributed by atoms with E-state index in [0.29, 0.717) is 6.54 Å². The van der Waals surface area contributed by atoms with Crippen LogP contribution in [0.4, 0.5) is 4.79 Å². The number of nitrogens with one attached hydrogen (secondary N) is 1. The lowest BCUT2D eigenvalue weighted by atomic mass is 9.95. The molecule has 1 spiro atoms. The molecule has 22 heavy (non-hydrogen) atoms. The summed E-state index contributed by atoms with van der Waals surface area (Å²) in [5.41, 5.74) is 1.59. The predicted octanol–water partition coefficient (Wildman–Crippen LogP) is 1.69. The maximum absolute atomic E-state index is 11.5. The third-order valence-electron chi connectivity index (χ3n) is 4.75. The lowest BCUT2D eigenvalue weighted by Gasteiger charge is -2.25. The van der Waals surface area contributed by atoms with Gasteiger partial charge < -0.3 is 14.6 Å². The van der Waals surface area contributed by atoms with Crippen molar-refractivity contribution in [3.8, 4) is 0 Å². The number of ketones is 1. The predicted molar refractivity (Wildman–Crippen MR) is 81.8 cm³/mol. The Balaban J connectivity index is 1.64. The Hall–Kier alpha value is -1.82. The normalized spacial score (nSPS) is 25.8. The number of carbonyl (C=O) groups excluding carboxylic acids is 2. The van der Waals surface area contributed by atoms with Gasteiger partial charge in [-0.3, -0.25) is 9.69 Å². The fourth-order valence-corrected chi connectivity index (χ4v) is 3.35. The average Bonchev–Trinajstić information content (AvgIpc) is 2.93. The molecule has 0 radical (unpaired) electrons. The van der Waals surface area contributed by atoms with Crippen LogP contribution in [0.15, 0.2) is 12.3 Å². The molecule has 2 aliphatic heterocycles. The number of ether oxygens (including phenoxy) is 1. The van der Waals surface area contributed by atoms with E-state index in [1.807, 2.05) is 23.9 Å². The van der Waals surface area contributed by atoms with Crippen molar-refractivity contribution in [1.29, 1.82) is 0 Å². The van der Waals surface area contributed by atoms with Gasteiger partial charge in [-0.1, -0.05) is 0 Å². The number of hydrogen-bond donors (Lipinski definition) is 1. The Labute approximate surface area is 130 Å². The maximum atomic E-state index is 11.5. The van der Waals surface area contributed by atoms with Gasteiger partial charge in [0.2, 0.25) is 0 Å². The van der Waals surface area contributed by atoms with E-state index in [0.717, 1.165) is 50.2 Å². The van der Waals surface area contributed by atoms with Crippen molar-refractivity contribution in [2.24, 2.45) is 7.05 Å². The minimum absolute atomic E-state index is 0.0978. The van der Waals surface area contributed by atoms with E-state index in [-0.39, 0.29) is 17.5 Å². The lowest BCUT2D eigenvalue weighted by Crippen LogP contribution is -2.34. The second-order valence-corrected chi connectivity index (χ2v) is 6.44. The van der Waals surface area contributed by atoms with Crippen molar-refractivity contribution in [3.63, 3.8) is 0 Å². The fraction of sp³-hybridized carbons (Fsp3) is 0.625. The van der Waals surface area contributed by atoms with Gasteiger partial charge in [0.15, 0.2) is 5.78 Å². The third kappa shape index (κ3) is 3.02. The number of likely N-dealkylation sites (tertiary alicyclic amines) is 1. The number of Topliss-reactive ketones (excluding diaryl/α,β-unsaturated/α-hetero) is 1. The molecule has 3 heterocycles. The van der Waals surface area contributed by atoms with Crippen LogP contribution in [-0.4, -0.2) is 46.6 Å². The van der Waals surface area contributed by atoms with Gasteiger partial charge in [-0.25, -0.2) is 4.79 Å². The molecular weight excluding hydrogens is 282 g/mol. The topological polar surface area (TPSA) is 63.6 Å². The Morgan fingerprint density at radius 3 is 2.86 bits per heavy atom. The summed E-state index contributed by atoms with van der Waals surface area (Å²) in [4.78, 5) is 25.2. The zero-order valence-corrected chi connectivity index (χ0v) is 13.2. The van der Waals surface area contributed by atoms with Crippen molar-refractivity contribution >= 4 is 11.9 Å². The summed E-state index contributed by atoms with van der Waals surface area (Å²) in [5.74, 6) is 0.0978. The molecule has 1 atom stereocenters. The minimum atomic E-state index is -0.315. The van der Waals surface area contributed by atoms with E-state index in [2.05, 4.69) is 10.2 Å². The molecule has 6 heteroatoms. The summed E-state index contributed by atoms with van der Waals surface area (Å²) in [6.07, 6.45) is 4.38. The molecule has 6 nitrogen and oxygen atoms in total. The van der Waals surface area contributed by atoms with Crippen LogP contribution in [0.3, 0.4) is 0 Å². The van der Waals surface area contributed by atoms with Gasteiger partial charge in [0.25, 0.3) is 0 Å². The molecule has 0 aliphatic carbocycles. The standard InChI is InChI=1S/C16H23N3O3/c1-12(20)13-8-14(18(2)9-13)10-19-6-3-4-16(5-7-19)11-17-15(21)22-16/h8-9H,3-7,10-11H2,1-2H3,(H,17,21)/t16-/m1/s1. The van der Waals surface area contributed by atoms with Crippen molar-refractivity contribution in [2.45, 2.75) is 38.3 Å². The summed E-state index contributed by atoms with van der Waals surface area (Å²) in [7, 11) is 1.98. The van der Waals surface area contributed by atoms with Gasteiger partial charge >= 0.3 is 6.09 Å². The smallest absolute Gasteiger partial charge is 0.407 e. The highest BCUT2D eigenvalue weighted by molar-refractivity contribution is 5.94. The number of carbonyl (C=O) groups is 2. The first-order chi connectivity index (χ1) is 10.5. The second-order valence-electron chi connectivity index (χ2n) is 6.44. The quantitative estimate of drug-likeness (QED) is 0.863. The minimum Gasteiger partial charge on any atom is -0.441 e. The van der Waals surface area contributed by atoms with Gasteiger partial charge in [-0.15, -0.1) is 0 Å². The molecule has 2 fully saturated rings. The van der Waals surface area contributed by atoms with Gasteiger partial charge in [-0.05, 0) is 32.4 Å². The largest absolute Gasteiger partial charge is 0.441 e. The zero-order valence-electron chi connectivity index (χ0n) is 13.2. The van der Waals surface area contributed by atoms with Crippen LogP contribution in [0.25, 0.3) is 0 Å². The van der Waals surface area contributed by atoms with Crippen LogP contribution in [0.1, 0.15) is 42.2 Å². The van der Waals surface area contributed by atoms with Crippen molar-refractivity contribution in [2.75, 3.05) is 19.6 Å². The summed E-state index contributed by atoms with van der Waals surface area (Å²) in [5, 5.41) is 2.78. The molecule has 1 aromatic heterocycles. The van der Waals surface area contributed by atoms with E-state index in [9.17, 15) is 9.59 Å². The SMILES string of the molecule is CC(=O)c1cc(CN2CCC[C@@]3(CC2)CNC(=O)O3)n(C)c1. The number of nitrogens with zero attached hydrogens (tertiary/aromatic N) is 2. The van der Waals surface area contributed by atoms with Crippen LogP contribution < -0.4 is 5.32 Å². The molecule has 1 amide bonds. The Bertz CT molecular complexity index is 595.